The van der Waals surface area contributed by atoms with Crippen molar-refractivity contribution in [2.45, 2.75) is 71.2 Å². The van der Waals surface area contributed by atoms with Gasteiger partial charge in [0, 0.05) is 13.5 Å². The fourth-order valence-corrected chi connectivity index (χ4v) is 4.23. The van der Waals surface area contributed by atoms with Gasteiger partial charge in [-0.05, 0) is 68.5 Å². The average molecular weight is 516 g/mol. The number of alkyl halides is 6. The summed E-state index contributed by atoms with van der Waals surface area (Å²) in [5, 5.41) is 0. The van der Waals surface area contributed by atoms with Gasteiger partial charge in [0.25, 0.3) is 0 Å². The molecule has 36 heavy (non-hydrogen) atoms. The third-order valence-electron chi connectivity index (χ3n) is 5.76. The fraction of sp³-hybridized carbons (Fsp3) is 0.440. The van der Waals surface area contributed by atoms with Crippen molar-refractivity contribution in [2.75, 3.05) is 4.90 Å². The maximum atomic E-state index is 13.4. The number of rotatable bonds is 4. The second-order valence-electron chi connectivity index (χ2n) is 8.87. The number of anilines is 1. The predicted octanol–water partition coefficient (Wildman–Crippen LogP) is 6.79. The highest BCUT2D eigenvalue weighted by molar-refractivity contribution is 5.90. The molecule has 0 saturated heterocycles. The maximum absolute atomic E-state index is 13.4. The van der Waals surface area contributed by atoms with E-state index in [1.165, 1.54) is 4.90 Å². The molecule has 1 heterocycles. The molecule has 1 aliphatic rings. The maximum Gasteiger partial charge on any atom is 0.416 e. The van der Waals surface area contributed by atoms with Gasteiger partial charge in [0.05, 0.1) is 22.9 Å². The molecule has 5 nitrogen and oxygen atoms in total. The van der Waals surface area contributed by atoms with Crippen molar-refractivity contribution in [2.24, 2.45) is 0 Å². The van der Waals surface area contributed by atoms with Gasteiger partial charge < -0.3 is 9.64 Å². The third-order valence-corrected chi connectivity index (χ3v) is 5.76. The molecule has 2 aromatic rings. The highest BCUT2D eigenvalue weighted by Gasteiger charge is 2.39. The van der Waals surface area contributed by atoms with E-state index in [1.54, 1.807) is 32.0 Å². The highest BCUT2D eigenvalue weighted by atomic mass is 19.4. The second-order valence-corrected chi connectivity index (χ2v) is 8.87. The smallest absolute Gasteiger partial charge is 0.416 e. The van der Waals surface area contributed by atoms with Crippen LogP contribution in [0.25, 0.3) is 0 Å². The standard InChI is InChI=1S/C25H26F6N2O3/c1-15(2)36-23(35)33-21-9-5-4-7-18(21)8-6-10-22(33)32(16(3)34)14-17-11-19(24(26,27)28)13-20(12-17)25(29,30)31/h4-5,7,9,11-13,15,22H,6,8,10,14H2,1-3H3. The van der Waals surface area contributed by atoms with E-state index in [2.05, 4.69) is 0 Å². The molecule has 0 fully saturated rings. The predicted molar refractivity (Wildman–Crippen MR) is 120 cm³/mol. The minimum atomic E-state index is -5.02. The van der Waals surface area contributed by atoms with Crippen LogP contribution in [0.3, 0.4) is 0 Å². The first-order valence-electron chi connectivity index (χ1n) is 11.3. The highest BCUT2D eigenvalue weighted by Crippen LogP contribution is 2.37. The number of hydrogen-bond acceptors (Lipinski definition) is 3. The number of benzene rings is 2. The molecule has 0 radical (unpaired) electrons. The molecule has 0 bridgehead atoms. The molecule has 0 N–H and O–H groups in total. The Hall–Kier alpha value is -3.24. The monoisotopic (exact) mass is 516 g/mol. The van der Waals surface area contributed by atoms with E-state index < -0.39 is 54.3 Å². The van der Waals surface area contributed by atoms with Crippen LogP contribution < -0.4 is 4.90 Å². The van der Waals surface area contributed by atoms with Gasteiger partial charge in [-0.15, -0.1) is 0 Å². The van der Waals surface area contributed by atoms with Crippen LogP contribution in [0, 0.1) is 0 Å². The second kappa shape index (κ2) is 10.4. The Labute approximate surface area is 204 Å². The Morgan fingerprint density at radius 1 is 1.03 bits per heavy atom. The quantitative estimate of drug-likeness (QED) is 0.421. The molecule has 1 aliphatic heterocycles. The summed E-state index contributed by atoms with van der Waals surface area (Å²) in [6.07, 6.45) is -11.0. The number of nitrogens with zero attached hydrogens (tertiary/aromatic N) is 2. The zero-order valence-corrected chi connectivity index (χ0v) is 19.9. The van der Waals surface area contributed by atoms with Crippen LogP contribution in [0.5, 0.6) is 0 Å². The van der Waals surface area contributed by atoms with E-state index in [-0.39, 0.29) is 18.1 Å². The normalized spacial score (nSPS) is 16.4. The lowest BCUT2D eigenvalue weighted by Crippen LogP contribution is -2.53. The first kappa shape index (κ1) is 27.3. The van der Waals surface area contributed by atoms with E-state index in [1.807, 2.05) is 6.07 Å². The van der Waals surface area contributed by atoms with Crippen molar-refractivity contribution >= 4 is 17.7 Å². The first-order valence-corrected chi connectivity index (χ1v) is 11.3. The number of carbonyl (C=O) groups excluding carboxylic acids is 2. The van der Waals surface area contributed by atoms with Crippen LogP contribution in [-0.2, 0) is 34.8 Å². The van der Waals surface area contributed by atoms with Crippen LogP contribution in [0.2, 0.25) is 0 Å². The zero-order valence-electron chi connectivity index (χ0n) is 19.9. The molecule has 0 aliphatic carbocycles. The number of carbonyl (C=O) groups is 2. The largest absolute Gasteiger partial charge is 0.446 e. The molecule has 2 amide bonds. The lowest BCUT2D eigenvalue weighted by molar-refractivity contribution is -0.143. The number of aryl methyl sites for hydroxylation is 1. The Morgan fingerprint density at radius 3 is 2.14 bits per heavy atom. The summed E-state index contributed by atoms with van der Waals surface area (Å²) in [4.78, 5) is 28.3. The van der Waals surface area contributed by atoms with Gasteiger partial charge >= 0.3 is 18.4 Å². The Bertz CT molecular complexity index is 1080. The minimum Gasteiger partial charge on any atom is -0.446 e. The summed E-state index contributed by atoms with van der Waals surface area (Å²) in [6, 6.07) is 8.18. The van der Waals surface area contributed by atoms with Gasteiger partial charge in [-0.3, -0.25) is 9.69 Å². The van der Waals surface area contributed by atoms with Gasteiger partial charge in [0.2, 0.25) is 5.91 Å². The summed E-state index contributed by atoms with van der Waals surface area (Å²) in [5.41, 5.74) is -2.03. The Morgan fingerprint density at radius 2 is 1.61 bits per heavy atom. The van der Waals surface area contributed by atoms with E-state index in [0.29, 0.717) is 30.7 Å². The molecular formula is C25H26F6N2O3. The Kier molecular flexibility index (Phi) is 7.90. The summed E-state index contributed by atoms with van der Waals surface area (Å²) >= 11 is 0. The number of amides is 2. The van der Waals surface area contributed by atoms with Gasteiger partial charge in [0.15, 0.2) is 0 Å². The van der Waals surface area contributed by atoms with Crippen LogP contribution in [-0.4, -0.2) is 29.2 Å². The van der Waals surface area contributed by atoms with E-state index in [4.69, 9.17) is 4.74 Å². The molecule has 1 unspecified atom stereocenters. The number of hydrogen-bond donors (Lipinski definition) is 0. The van der Waals surface area contributed by atoms with Gasteiger partial charge in [-0.2, -0.15) is 26.3 Å². The lowest BCUT2D eigenvalue weighted by Gasteiger charge is -2.38. The third kappa shape index (κ3) is 6.30. The molecule has 0 aromatic heterocycles. The van der Waals surface area contributed by atoms with Crippen molar-refractivity contribution in [3.8, 4) is 0 Å². The summed E-state index contributed by atoms with van der Waals surface area (Å²) in [6.45, 7) is 3.86. The van der Waals surface area contributed by atoms with Crippen molar-refractivity contribution in [3.05, 3.63) is 64.7 Å². The van der Waals surface area contributed by atoms with Crippen molar-refractivity contribution < 1.29 is 40.7 Å². The van der Waals surface area contributed by atoms with E-state index in [0.717, 1.165) is 17.4 Å². The summed E-state index contributed by atoms with van der Waals surface area (Å²) in [5.74, 6) is -0.618. The summed E-state index contributed by atoms with van der Waals surface area (Å²) in [7, 11) is 0. The molecule has 0 saturated carbocycles. The first-order chi connectivity index (χ1) is 16.7. The zero-order chi connectivity index (χ0) is 26.8. The molecular weight excluding hydrogens is 490 g/mol. The van der Waals surface area contributed by atoms with Gasteiger partial charge in [-0.1, -0.05) is 18.2 Å². The number of para-hydroxylation sites is 1. The SMILES string of the molecule is CC(=O)N(Cc1cc(C(F)(F)F)cc(C(F)(F)F)c1)C1CCCc2ccccc2N1C(=O)OC(C)C. The van der Waals surface area contributed by atoms with Crippen LogP contribution in [0.4, 0.5) is 36.8 Å². The van der Waals surface area contributed by atoms with Gasteiger partial charge in [-0.25, -0.2) is 4.79 Å². The molecule has 0 spiro atoms. The van der Waals surface area contributed by atoms with Crippen LogP contribution in [0.15, 0.2) is 42.5 Å². The van der Waals surface area contributed by atoms with Gasteiger partial charge in [0.1, 0.15) is 6.17 Å². The molecule has 196 valence electrons. The van der Waals surface area contributed by atoms with E-state index in [9.17, 15) is 35.9 Å². The topological polar surface area (TPSA) is 49.9 Å². The fourth-order valence-electron chi connectivity index (χ4n) is 4.23. The van der Waals surface area contributed by atoms with Crippen molar-refractivity contribution in [1.82, 2.24) is 4.90 Å². The molecule has 2 aromatic carbocycles. The number of halogens is 6. The lowest BCUT2D eigenvalue weighted by atomic mass is 10.0. The molecule has 3 rings (SSSR count). The van der Waals surface area contributed by atoms with Crippen molar-refractivity contribution in [1.29, 1.82) is 0 Å². The molecule has 11 heteroatoms. The molecule has 1 atom stereocenters. The van der Waals surface area contributed by atoms with E-state index >= 15 is 0 Å². The number of fused-ring (bicyclic) bond motifs is 1. The number of ether oxygens (including phenoxy) is 1. The van der Waals surface area contributed by atoms with Crippen LogP contribution >= 0.6 is 0 Å². The summed E-state index contributed by atoms with van der Waals surface area (Å²) < 4.78 is 85.7. The average Bonchev–Trinajstić information content (AvgIpc) is 2.95. The van der Waals surface area contributed by atoms with Crippen molar-refractivity contribution in [3.63, 3.8) is 0 Å². The minimum absolute atomic E-state index is 0.0375. The Balaban J connectivity index is 2.09. The van der Waals surface area contributed by atoms with Crippen LogP contribution in [0.1, 0.15) is 55.9 Å².